The Morgan fingerprint density at radius 3 is 2.70 bits per heavy atom. The number of pyridine rings is 1. The fourth-order valence-electron chi connectivity index (χ4n) is 2.24. The van der Waals surface area contributed by atoms with Crippen molar-refractivity contribution in [3.63, 3.8) is 0 Å². The number of nitrogens with zero attached hydrogens (tertiary/aromatic N) is 3. The third-order valence-electron chi connectivity index (χ3n) is 3.41. The van der Waals surface area contributed by atoms with Crippen LogP contribution in [0.4, 0.5) is 5.82 Å². The number of aryl methyl sites for hydroxylation is 1. The molecule has 3 rings (SSSR count). The van der Waals surface area contributed by atoms with E-state index in [4.69, 9.17) is 16.9 Å². The second-order valence-corrected chi connectivity index (χ2v) is 5.53. The summed E-state index contributed by atoms with van der Waals surface area (Å²) in [5.74, 6) is 0.669. The largest absolute Gasteiger partial charge is 0.261 e. The average molecular weight is 321 g/mol. The van der Waals surface area contributed by atoms with Gasteiger partial charge in [0.1, 0.15) is 5.82 Å². The highest BCUT2D eigenvalue weighted by molar-refractivity contribution is 6.31. The zero-order valence-corrected chi connectivity index (χ0v) is 13.2. The van der Waals surface area contributed by atoms with Crippen LogP contribution in [0, 0.1) is 18.3 Å². The summed E-state index contributed by atoms with van der Waals surface area (Å²) in [6.45, 7) is 2.01. The molecule has 1 aromatic heterocycles. The highest BCUT2D eigenvalue weighted by Crippen LogP contribution is 2.23. The maximum atomic E-state index is 8.77. The monoisotopic (exact) mass is 320 g/mol. The highest BCUT2D eigenvalue weighted by atomic mass is 35.5. The molecule has 1 heterocycles. The number of nitrogens with one attached hydrogen (secondary N) is 1. The van der Waals surface area contributed by atoms with Crippen molar-refractivity contribution in [2.24, 2.45) is 5.10 Å². The minimum atomic E-state index is 0.626. The maximum Gasteiger partial charge on any atom is 0.147 e. The Balaban J connectivity index is 1.80. The molecule has 0 aliphatic heterocycles. The summed E-state index contributed by atoms with van der Waals surface area (Å²) in [4.78, 5) is 4.51. The molecule has 0 saturated heterocycles. The number of nitriles is 1. The minimum Gasteiger partial charge on any atom is -0.261 e. The van der Waals surface area contributed by atoms with Gasteiger partial charge in [-0.15, -0.1) is 0 Å². The number of aromatic nitrogens is 1. The second-order valence-electron chi connectivity index (χ2n) is 5.09. The van der Waals surface area contributed by atoms with Crippen LogP contribution in [0.3, 0.4) is 0 Å². The van der Waals surface area contributed by atoms with Crippen LogP contribution in [0.5, 0.6) is 0 Å². The molecule has 0 radical (unpaired) electrons. The molecule has 3 aromatic rings. The van der Waals surface area contributed by atoms with E-state index in [0.717, 1.165) is 22.0 Å². The summed E-state index contributed by atoms with van der Waals surface area (Å²) >= 11 is 6.02. The van der Waals surface area contributed by atoms with Gasteiger partial charge in [-0.3, -0.25) is 5.43 Å². The van der Waals surface area contributed by atoms with Gasteiger partial charge < -0.3 is 0 Å². The third kappa shape index (κ3) is 3.47. The molecule has 0 spiro atoms. The summed E-state index contributed by atoms with van der Waals surface area (Å²) in [5, 5.41) is 14.7. The van der Waals surface area contributed by atoms with E-state index >= 15 is 0 Å². The molecule has 0 fully saturated rings. The maximum absolute atomic E-state index is 8.77. The summed E-state index contributed by atoms with van der Waals surface area (Å²) in [6, 6.07) is 16.8. The van der Waals surface area contributed by atoms with Crippen molar-refractivity contribution in [1.82, 2.24) is 4.98 Å². The van der Waals surface area contributed by atoms with Crippen LogP contribution in [-0.4, -0.2) is 11.2 Å². The van der Waals surface area contributed by atoms with Gasteiger partial charge in [-0.25, -0.2) is 4.98 Å². The van der Waals surface area contributed by atoms with E-state index in [0.29, 0.717) is 16.4 Å². The lowest BCUT2D eigenvalue weighted by atomic mass is 10.1. The highest BCUT2D eigenvalue weighted by Gasteiger charge is 2.03. The van der Waals surface area contributed by atoms with Crippen LogP contribution < -0.4 is 5.43 Å². The first-order valence-corrected chi connectivity index (χ1v) is 7.39. The molecule has 2 aromatic carbocycles. The Labute approximate surface area is 139 Å². The first-order chi connectivity index (χ1) is 11.2. The van der Waals surface area contributed by atoms with E-state index in [1.165, 1.54) is 0 Å². The van der Waals surface area contributed by atoms with Gasteiger partial charge in [0.25, 0.3) is 0 Å². The number of hydrogen-bond donors (Lipinski definition) is 1. The molecule has 0 saturated carbocycles. The molecule has 5 heteroatoms. The number of rotatable bonds is 3. The summed E-state index contributed by atoms with van der Waals surface area (Å²) in [6.07, 6.45) is 1.68. The van der Waals surface area contributed by atoms with Crippen molar-refractivity contribution >= 4 is 34.5 Å². The zero-order chi connectivity index (χ0) is 16.2. The molecule has 0 aliphatic rings. The molecule has 0 unspecified atom stereocenters. The predicted octanol–water partition coefficient (Wildman–Crippen LogP) is 4.51. The Morgan fingerprint density at radius 2 is 1.96 bits per heavy atom. The normalized spacial score (nSPS) is 10.8. The van der Waals surface area contributed by atoms with Crippen molar-refractivity contribution in [2.75, 3.05) is 5.43 Å². The molecule has 0 aliphatic carbocycles. The number of anilines is 1. The molecular weight excluding hydrogens is 308 g/mol. The van der Waals surface area contributed by atoms with Gasteiger partial charge in [-0.05, 0) is 54.4 Å². The van der Waals surface area contributed by atoms with Gasteiger partial charge in [0, 0.05) is 10.4 Å². The smallest absolute Gasteiger partial charge is 0.147 e. The van der Waals surface area contributed by atoms with Gasteiger partial charge >= 0.3 is 0 Å². The number of benzene rings is 2. The summed E-state index contributed by atoms with van der Waals surface area (Å²) < 4.78 is 0. The van der Waals surface area contributed by atoms with Crippen LogP contribution in [0.1, 0.15) is 16.7 Å². The Hall–Kier alpha value is -2.90. The summed E-state index contributed by atoms with van der Waals surface area (Å²) in [5.41, 5.74) is 6.40. The fourth-order valence-corrected chi connectivity index (χ4v) is 2.41. The first-order valence-electron chi connectivity index (χ1n) is 7.02. The van der Waals surface area contributed by atoms with Crippen LogP contribution in [-0.2, 0) is 0 Å². The van der Waals surface area contributed by atoms with Crippen LogP contribution >= 0.6 is 11.6 Å². The third-order valence-corrected chi connectivity index (χ3v) is 3.65. The van der Waals surface area contributed by atoms with Crippen molar-refractivity contribution < 1.29 is 0 Å². The fraction of sp³-hybridized carbons (Fsp3) is 0.0556. The lowest BCUT2D eigenvalue weighted by Crippen LogP contribution is -1.95. The topological polar surface area (TPSA) is 61.1 Å². The molecular formula is C18H13ClN4. The van der Waals surface area contributed by atoms with Gasteiger partial charge in [0.05, 0.1) is 23.4 Å². The van der Waals surface area contributed by atoms with E-state index in [1.54, 1.807) is 18.3 Å². The number of fused-ring (bicyclic) bond motifs is 1. The number of hydrogen-bond acceptors (Lipinski definition) is 4. The second kappa shape index (κ2) is 6.47. The molecule has 1 N–H and O–H groups in total. The van der Waals surface area contributed by atoms with Gasteiger partial charge in [-0.1, -0.05) is 23.7 Å². The average Bonchev–Trinajstić information content (AvgIpc) is 2.56. The quantitative estimate of drug-likeness (QED) is 0.570. The Morgan fingerprint density at radius 1 is 1.17 bits per heavy atom. The number of hydrazone groups is 1. The van der Waals surface area contributed by atoms with E-state index in [9.17, 15) is 0 Å². The van der Waals surface area contributed by atoms with E-state index in [-0.39, 0.29) is 0 Å². The molecule has 112 valence electrons. The molecule has 4 nitrogen and oxygen atoms in total. The minimum absolute atomic E-state index is 0.626. The Kier molecular flexibility index (Phi) is 4.22. The van der Waals surface area contributed by atoms with E-state index in [2.05, 4.69) is 21.6 Å². The molecule has 0 amide bonds. The van der Waals surface area contributed by atoms with Crippen LogP contribution in [0.2, 0.25) is 5.02 Å². The van der Waals surface area contributed by atoms with Crippen molar-refractivity contribution in [1.29, 1.82) is 5.26 Å². The molecule has 0 atom stereocenters. The lowest BCUT2D eigenvalue weighted by molar-refractivity contribution is 1.25. The van der Waals surface area contributed by atoms with Crippen molar-refractivity contribution in [2.45, 2.75) is 6.92 Å². The van der Waals surface area contributed by atoms with E-state index < -0.39 is 0 Å². The molecule has 23 heavy (non-hydrogen) atoms. The SMILES string of the molecule is Cc1cc(N/N=C/c2ccc(C#N)cc2)nc2ccc(Cl)cc12. The van der Waals surface area contributed by atoms with Gasteiger partial charge in [0.15, 0.2) is 0 Å². The summed E-state index contributed by atoms with van der Waals surface area (Å²) in [7, 11) is 0. The Bertz CT molecular complexity index is 924. The van der Waals surface area contributed by atoms with Crippen LogP contribution in [0.15, 0.2) is 53.6 Å². The van der Waals surface area contributed by atoms with Gasteiger partial charge in [-0.2, -0.15) is 10.4 Å². The molecule has 0 bridgehead atoms. The zero-order valence-electron chi connectivity index (χ0n) is 12.4. The van der Waals surface area contributed by atoms with Gasteiger partial charge in [0.2, 0.25) is 0 Å². The van der Waals surface area contributed by atoms with E-state index in [1.807, 2.05) is 43.3 Å². The van der Waals surface area contributed by atoms with Crippen molar-refractivity contribution in [3.8, 4) is 6.07 Å². The first kappa shape index (κ1) is 15.0. The lowest BCUT2D eigenvalue weighted by Gasteiger charge is -2.06. The standard InChI is InChI=1S/C18H13ClN4/c1-12-8-18(22-17-7-6-15(19)9-16(12)17)23-21-11-14-4-2-13(10-20)3-5-14/h2-9,11H,1H3,(H,22,23)/b21-11+. The van der Waals surface area contributed by atoms with Crippen LogP contribution in [0.25, 0.3) is 10.9 Å². The van der Waals surface area contributed by atoms with Crippen molar-refractivity contribution in [3.05, 3.63) is 70.2 Å². The number of halogens is 1. The predicted molar refractivity (Wildman–Crippen MR) is 93.9 cm³/mol.